The summed E-state index contributed by atoms with van der Waals surface area (Å²) in [6, 6.07) is 4.44. The van der Waals surface area contributed by atoms with Gasteiger partial charge in [-0.2, -0.15) is 0 Å². The Morgan fingerprint density at radius 2 is 2.05 bits per heavy atom. The van der Waals surface area contributed by atoms with Crippen molar-refractivity contribution in [2.45, 2.75) is 57.9 Å². The molecule has 0 spiro atoms. The summed E-state index contributed by atoms with van der Waals surface area (Å²) >= 11 is 0. The van der Waals surface area contributed by atoms with E-state index >= 15 is 0 Å². The van der Waals surface area contributed by atoms with Gasteiger partial charge in [0.25, 0.3) is 0 Å². The third-order valence-electron chi connectivity index (χ3n) is 4.51. The predicted molar refractivity (Wildman–Crippen MR) is 79.1 cm³/mol. The molecule has 1 aliphatic carbocycles. The Morgan fingerprint density at radius 1 is 1.32 bits per heavy atom. The normalized spacial score (nSPS) is 20.9. The van der Waals surface area contributed by atoms with Gasteiger partial charge in [-0.3, -0.25) is 0 Å². The van der Waals surface area contributed by atoms with Crippen molar-refractivity contribution in [1.82, 2.24) is 5.32 Å². The van der Waals surface area contributed by atoms with Crippen molar-refractivity contribution in [3.05, 3.63) is 24.2 Å². The number of hydrogen-bond donors (Lipinski definition) is 2. The van der Waals surface area contributed by atoms with Crippen LogP contribution in [0.4, 0.5) is 0 Å². The van der Waals surface area contributed by atoms with Gasteiger partial charge in [-0.1, -0.05) is 25.7 Å². The van der Waals surface area contributed by atoms with Gasteiger partial charge >= 0.3 is 0 Å². The molecule has 0 aromatic carbocycles. The molecule has 19 heavy (non-hydrogen) atoms. The molecule has 108 valence electrons. The first-order valence-electron chi connectivity index (χ1n) is 7.70. The van der Waals surface area contributed by atoms with Crippen molar-refractivity contribution in [3.63, 3.8) is 0 Å². The maximum atomic E-state index is 6.07. The molecule has 1 atom stereocenters. The van der Waals surface area contributed by atoms with E-state index in [0.717, 1.165) is 25.3 Å². The molecule has 0 bridgehead atoms. The Bertz CT molecular complexity index is 340. The second kappa shape index (κ2) is 7.11. The molecule has 1 aromatic rings. The molecule has 3 nitrogen and oxygen atoms in total. The summed E-state index contributed by atoms with van der Waals surface area (Å²) in [4.78, 5) is 0. The van der Waals surface area contributed by atoms with E-state index in [1.807, 2.05) is 12.1 Å². The lowest BCUT2D eigenvalue weighted by Crippen LogP contribution is -2.43. The lowest BCUT2D eigenvalue weighted by Gasteiger charge is -2.33. The average molecular weight is 264 g/mol. The molecule has 1 aromatic heterocycles. The van der Waals surface area contributed by atoms with Gasteiger partial charge in [-0.15, -0.1) is 0 Å². The average Bonchev–Trinajstić information content (AvgIpc) is 2.80. The fourth-order valence-corrected chi connectivity index (χ4v) is 3.13. The van der Waals surface area contributed by atoms with Gasteiger partial charge in [0.1, 0.15) is 5.76 Å². The highest BCUT2D eigenvalue weighted by atomic mass is 16.3. The summed E-state index contributed by atoms with van der Waals surface area (Å²) in [5, 5.41) is 3.67. The summed E-state index contributed by atoms with van der Waals surface area (Å²) in [6.45, 7) is 4.09. The number of nitrogens with two attached hydrogens (primary N) is 1. The highest BCUT2D eigenvalue weighted by Gasteiger charge is 2.29. The number of hydrogen-bond acceptors (Lipinski definition) is 3. The molecule has 1 heterocycles. The van der Waals surface area contributed by atoms with Crippen molar-refractivity contribution in [1.29, 1.82) is 0 Å². The maximum absolute atomic E-state index is 6.07. The van der Waals surface area contributed by atoms with Crippen LogP contribution < -0.4 is 11.1 Å². The van der Waals surface area contributed by atoms with Crippen LogP contribution >= 0.6 is 0 Å². The molecule has 3 heteroatoms. The molecule has 0 radical (unpaired) electrons. The Kier molecular flexibility index (Phi) is 5.46. The first-order valence-corrected chi connectivity index (χ1v) is 7.70. The van der Waals surface area contributed by atoms with Crippen LogP contribution in [0.3, 0.4) is 0 Å². The molecule has 0 saturated heterocycles. The van der Waals surface area contributed by atoms with Gasteiger partial charge in [-0.05, 0) is 43.9 Å². The highest BCUT2D eigenvalue weighted by molar-refractivity contribution is 5.00. The minimum absolute atomic E-state index is 0.327. The molecular weight excluding hydrogens is 236 g/mol. The van der Waals surface area contributed by atoms with Crippen molar-refractivity contribution < 1.29 is 4.42 Å². The van der Waals surface area contributed by atoms with Crippen LogP contribution in [0.15, 0.2) is 22.8 Å². The molecule has 2 rings (SSSR count). The highest BCUT2D eigenvalue weighted by Crippen LogP contribution is 2.33. The first-order chi connectivity index (χ1) is 9.24. The molecule has 1 saturated carbocycles. The third-order valence-corrected chi connectivity index (χ3v) is 4.51. The Hall–Kier alpha value is -0.800. The second-order valence-corrected chi connectivity index (χ2v) is 6.18. The summed E-state index contributed by atoms with van der Waals surface area (Å²) in [6.07, 6.45) is 10.7. The van der Waals surface area contributed by atoms with E-state index in [4.69, 9.17) is 10.2 Å². The van der Waals surface area contributed by atoms with E-state index in [1.54, 1.807) is 6.26 Å². The molecule has 1 aliphatic rings. The lowest BCUT2D eigenvalue weighted by molar-refractivity contribution is 0.232. The second-order valence-electron chi connectivity index (χ2n) is 6.18. The van der Waals surface area contributed by atoms with Crippen LogP contribution in [-0.2, 0) is 6.42 Å². The van der Waals surface area contributed by atoms with E-state index in [1.165, 1.54) is 38.5 Å². The molecule has 0 aliphatic heterocycles. The van der Waals surface area contributed by atoms with Gasteiger partial charge < -0.3 is 15.5 Å². The van der Waals surface area contributed by atoms with E-state index in [9.17, 15) is 0 Å². The van der Waals surface area contributed by atoms with E-state index < -0.39 is 0 Å². The largest absolute Gasteiger partial charge is 0.469 e. The predicted octanol–water partition coefficient (Wildman–Crippen LogP) is 3.10. The van der Waals surface area contributed by atoms with Gasteiger partial charge in [0.15, 0.2) is 0 Å². The topological polar surface area (TPSA) is 51.2 Å². The minimum atomic E-state index is 0.327. The van der Waals surface area contributed by atoms with Crippen molar-refractivity contribution >= 4 is 0 Å². The number of furan rings is 1. The zero-order chi connectivity index (χ0) is 13.6. The van der Waals surface area contributed by atoms with Gasteiger partial charge in [0.05, 0.1) is 6.26 Å². The fraction of sp³-hybridized carbons (Fsp3) is 0.750. The van der Waals surface area contributed by atoms with E-state index in [0.29, 0.717) is 11.5 Å². The van der Waals surface area contributed by atoms with Crippen LogP contribution in [0, 0.1) is 5.41 Å². The summed E-state index contributed by atoms with van der Waals surface area (Å²) < 4.78 is 5.40. The quantitative estimate of drug-likeness (QED) is 0.776. The van der Waals surface area contributed by atoms with Crippen molar-refractivity contribution in [2.75, 3.05) is 13.1 Å². The van der Waals surface area contributed by atoms with Crippen molar-refractivity contribution in [2.24, 2.45) is 11.1 Å². The molecule has 0 amide bonds. The van der Waals surface area contributed by atoms with E-state index in [-0.39, 0.29) is 0 Å². The van der Waals surface area contributed by atoms with Crippen LogP contribution in [-0.4, -0.2) is 19.1 Å². The SMILES string of the molecule is CC(Cc1ccco1)NCC1(CN)CCCCCC1. The minimum Gasteiger partial charge on any atom is -0.469 e. The van der Waals surface area contributed by atoms with Crippen LogP contribution in [0.25, 0.3) is 0 Å². The summed E-state index contributed by atoms with van der Waals surface area (Å²) in [5.74, 6) is 1.06. The van der Waals surface area contributed by atoms with Gasteiger partial charge in [-0.25, -0.2) is 0 Å². The maximum Gasteiger partial charge on any atom is 0.105 e. The molecule has 1 fully saturated rings. The van der Waals surface area contributed by atoms with Crippen LogP contribution in [0.2, 0.25) is 0 Å². The van der Waals surface area contributed by atoms with E-state index in [2.05, 4.69) is 12.2 Å². The number of nitrogens with one attached hydrogen (secondary N) is 1. The first kappa shape index (κ1) is 14.6. The Morgan fingerprint density at radius 3 is 2.63 bits per heavy atom. The van der Waals surface area contributed by atoms with Gasteiger partial charge in [0.2, 0.25) is 0 Å². The monoisotopic (exact) mass is 264 g/mol. The lowest BCUT2D eigenvalue weighted by atomic mass is 9.80. The smallest absolute Gasteiger partial charge is 0.105 e. The molecular formula is C16H28N2O. The fourth-order valence-electron chi connectivity index (χ4n) is 3.13. The zero-order valence-electron chi connectivity index (χ0n) is 12.2. The Labute approximate surface area is 116 Å². The molecule has 1 unspecified atom stereocenters. The van der Waals surface area contributed by atoms with Crippen LogP contribution in [0.5, 0.6) is 0 Å². The third kappa shape index (κ3) is 4.36. The zero-order valence-corrected chi connectivity index (χ0v) is 12.2. The molecule has 3 N–H and O–H groups in total. The Balaban J connectivity index is 1.81. The summed E-state index contributed by atoms with van der Waals surface area (Å²) in [7, 11) is 0. The van der Waals surface area contributed by atoms with Crippen molar-refractivity contribution in [3.8, 4) is 0 Å². The van der Waals surface area contributed by atoms with Crippen LogP contribution in [0.1, 0.15) is 51.2 Å². The number of rotatable bonds is 6. The van der Waals surface area contributed by atoms with Gasteiger partial charge in [0, 0.05) is 19.0 Å². The summed E-state index contributed by atoms with van der Waals surface area (Å²) in [5.41, 5.74) is 6.40. The standard InChI is InChI=1S/C16H28N2O/c1-14(11-15-7-6-10-19-15)18-13-16(12-17)8-4-2-3-5-9-16/h6-7,10,14,18H,2-5,8-9,11-13,17H2,1H3.